The number of anilines is 1. The maximum Gasteiger partial charge on any atom is 0.254 e. The van der Waals surface area contributed by atoms with Gasteiger partial charge in [0, 0.05) is 18.6 Å². The summed E-state index contributed by atoms with van der Waals surface area (Å²) in [5.74, 6) is -2.26. The van der Waals surface area contributed by atoms with Crippen molar-refractivity contribution >= 4 is 11.6 Å². The Hall–Kier alpha value is -1.69. The van der Waals surface area contributed by atoms with E-state index in [-0.39, 0.29) is 17.3 Å². The predicted octanol–water partition coefficient (Wildman–Crippen LogP) is 1.76. The molecule has 1 aromatic carbocycles. The summed E-state index contributed by atoms with van der Waals surface area (Å²) < 4.78 is 26.9. The van der Waals surface area contributed by atoms with Crippen LogP contribution in [0.3, 0.4) is 0 Å². The zero-order valence-corrected chi connectivity index (χ0v) is 11.6. The van der Waals surface area contributed by atoms with Gasteiger partial charge in [-0.25, -0.2) is 8.78 Å². The lowest BCUT2D eigenvalue weighted by Gasteiger charge is -2.24. The molecule has 110 valence electrons. The van der Waals surface area contributed by atoms with Crippen LogP contribution in [0, 0.1) is 11.6 Å². The fourth-order valence-corrected chi connectivity index (χ4v) is 2.10. The number of hydrogen-bond donors (Lipinski definition) is 2. The fourth-order valence-electron chi connectivity index (χ4n) is 2.10. The molecular formula is C14H19F2N3O. The molecule has 20 heavy (non-hydrogen) atoms. The van der Waals surface area contributed by atoms with Gasteiger partial charge in [-0.15, -0.1) is 0 Å². The average Bonchev–Trinajstić information content (AvgIpc) is 3.23. The normalized spacial score (nSPS) is 16.2. The van der Waals surface area contributed by atoms with Gasteiger partial charge < -0.3 is 11.1 Å². The fraction of sp³-hybridized carbons (Fsp3) is 0.500. The Bertz CT molecular complexity index is 517. The van der Waals surface area contributed by atoms with Gasteiger partial charge in [-0.2, -0.15) is 0 Å². The van der Waals surface area contributed by atoms with Gasteiger partial charge in [0.25, 0.3) is 5.91 Å². The Morgan fingerprint density at radius 2 is 2.15 bits per heavy atom. The van der Waals surface area contributed by atoms with Crippen LogP contribution in [0.5, 0.6) is 0 Å². The second-order valence-electron chi connectivity index (χ2n) is 5.31. The van der Waals surface area contributed by atoms with E-state index in [9.17, 15) is 13.6 Å². The number of halogens is 2. The van der Waals surface area contributed by atoms with Gasteiger partial charge >= 0.3 is 0 Å². The lowest BCUT2D eigenvalue weighted by molar-refractivity contribution is 0.0935. The Labute approximate surface area is 116 Å². The summed E-state index contributed by atoms with van der Waals surface area (Å²) in [5, 5.41) is 2.61. The third-order valence-corrected chi connectivity index (χ3v) is 3.69. The van der Waals surface area contributed by atoms with Crippen molar-refractivity contribution in [3.63, 3.8) is 0 Å². The summed E-state index contributed by atoms with van der Waals surface area (Å²) >= 11 is 0. The van der Waals surface area contributed by atoms with E-state index >= 15 is 0 Å². The number of benzene rings is 1. The number of nitrogen functional groups attached to an aromatic ring is 1. The van der Waals surface area contributed by atoms with Crippen molar-refractivity contribution < 1.29 is 13.6 Å². The first kappa shape index (κ1) is 14.7. The quantitative estimate of drug-likeness (QED) is 0.810. The largest absolute Gasteiger partial charge is 0.396 e. The first-order chi connectivity index (χ1) is 9.40. The van der Waals surface area contributed by atoms with Crippen molar-refractivity contribution in [1.29, 1.82) is 0 Å². The number of nitrogens with one attached hydrogen (secondary N) is 1. The number of rotatable bonds is 5. The van der Waals surface area contributed by atoms with E-state index in [1.165, 1.54) is 12.8 Å². The molecule has 1 fully saturated rings. The molecule has 0 aliphatic heterocycles. The van der Waals surface area contributed by atoms with Crippen molar-refractivity contribution in [1.82, 2.24) is 10.2 Å². The molecular weight excluding hydrogens is 264 g/mol. The molecule has 0 radical (unpaired) electrons. The predicted molar refractivity (Wildman–Crippen MR) is 73.4 cm³/mol. The summed E-state index contributed by atoms with van der Waals surface area (Å²) in [7, 11) is 2.00. The summed E-state index contributed by atoms with van der Waals surface area (Å²) in [6.45, 7) is 2.36. The van der Waals surface area contributed by atoms with Gasteiger partial charge in [-0.3, -0.25) is 9.69 Å². The number of nitrogens with zero attached hydrogens (tertiary/aromatic N) is 1. The smallest absolute Gasteiger partial charge is 0.254 e. The van der Waals surface area contributed by atoms with Crippen LogP contribution in [0.25, 0.3) is 0 Å². The Morgan fingerprint density at radius 1 is 1.50 bits per heavy atom. The lowest BCUT2D eigenvalue weighted by atomic mass is 10.1. The third-order valence-electron chi connectivity index (χ3n) is 3.69. The third kappa shape index (κ3) is 3.25. The van der Waals surface area contributed by atoms with Gasteiger partial charge in [0.2, 0.25) is 0 Å². The molecule has 0 spiro atoms. The monoisotopic (exact) mass is 283 g/mol. The maximum atomic E-state index is 13.7. The van der Waals surface area contributed by atoms with Crippen LogP contribution >= 0.6 is 0 Å². The second-order valence-corrected chi connectivity index (χ2v) is 5.31. The van der Waals surface area contributed by atoms with E-state index in [2.05, 4.69) is 10.2 Å². The molecule has 4 nitrogen and oxygen atoms in total. The van der Waals surface area contributed by atoms with E-state index < -0.39 is 17.5 Å². The van der Waals surface area contributed by atoms with Gasteiger partial charge in [-0.1, -0.05) is 0 Å². The van der Waals surface area contributed by atoms with Gasteiger partial charge in [0.1, 0.15) is 5.82 Å². The van der Waals surface area contributed by atoms with Crippen molar-refractivity contribution in [3.8, 4) is 0 Å². The van der Waals surface area contributed by atoms with Gasteiger partial charge in [-0.05, 0) is 38.9 Å². The first-order valence-corrected chi connectivity index (χ1v) is 6.64. The minimum absolute atomic E-state index is 0.139. The number of carbonyl (C=O) groups excluding carboxylic acids is 1. The SMILES string of the molecule is CC(CNC(=O)c1cc(F)cc(N)c1F)N(C)C1CC1. The van der Waals surface area contributed by atoms with Crippen LogP contribution in [0.1, 0.15) is 30.1 Å². The number of likely N-dealkylation sites (N-methyl/N-ethyl adjacent to an activating group) is 1. The molecule has 1 amide bonds. The number of carbonyl (C=O) groups is 1. The molecule has 0 bridgehead atoms. The van der Waals surface area contributed by atoms with Crippen LogP contribution in [0.2, 0.25) is 0 Å². The minimum atomic E-state index is -0.882. The molecule has 2 rings (SSSR count). The molecule has 3 N–H and O–H groups in total. The number of amides is 1. The Morgan fingerprint density at radius 3 is 2.75 bits per heavy atom. The Balaban J connectivity index is 1.98. The molecule has 1 saturated carbocycles. The van der Waals surface area contributed by atoms with Gasteiger partial charge in [0.05, 0.1) is 11.3 Å². The average molecular weight is 283 g/mol. The zero-order chi connectivity index (χ0) is 14.9. The summed E-state index contributed by atoms with van der Waals surface area (Å²) in [6.07, 6.45) is 2.34. The highest BCUT2D eigenvalue weighted by molar-refractivity contribution is 5.95. The van der Waals surface area contributed by atoms with Crippen molar-refractivity contribution in [2.75, 3.05) is 19.3 Å². The molecule has 0 saturated heterocycles. The molecule has 0 heterocycles. The summed E-state index contributed by atoms with van der Waals surface area (Å²) in [6, 6.07) is 2.43. The lowest BCUT2D eigenvalue weighted by Crippen LogP contribution is -2.41. The summed E-state index contributed by atoms with van der Waals surface area (Å²) in [4.78, 5) is 14.1. The molecule has 1 atom stereocenters. The standard InChI is InChI=1S/C14H19F2N3O/c1-8(19(2)10-3-4-10)7-18-14(20)11-5-9(15)6-12(17)13(11)16/h5-6,8,10H,3-4,7,17H2,1-2H3,(H,18,20). The Kier molecular flexibility index (Phi) is 4.23. The number of nitrogens with two attached hydrogens (primary N) is 1. The van der Waals surface area contributed by atoms with E-state index in [1.807, 2.05) is 14.0 Å². The maximum absolute atomic E-state index is 13.7. The first-order valence-electron chi connectivity index (χ1n) is 6.64. The van der Waals surface area contributed by atoms with E-state index in [0.29, 0.717) is 12.6 Å². The number of hydrogen-bond acceptors (Lipinski definition) is 3. The van der Waals surface area contributed by atoms with E-state index in [4.69, 9.17) is 5.73 Å². The van der Waals surface area contributed by atoms with Gasteiger partial charge in [0.15, 0.2) is 5.82 Å². The van der Waals surface area contributed by atoms with Crippen molar-refractivity contribution in [2.45, 2.75) is 31.8 Å². The van der Waals surface area contributed by atoms with Crippen molar-refractivity contribution in [2.24, 2.45) is 0 Å². The molecule has 1 aliphatic rings. The molecule has 1 aliphatic carbocycles. The summed E-state index contributed by atoms with van der Waals surface area (Å²) in [5.41, 5.74) is 4.59. The minimum Gasteiger partial charge on any atom is -0.396 e. The molecule has 6 heteroatoms. The van der Waals surface area contributed by atoms with Crippen LogP contribution in [0.15, 0.2) is 12.1 Å². The highest BCUT2D eigenvalue weighted by Crippen LogP contribution is 2.26. The van der Waals surface area contributed by atoms with E-state index in [1.54, 1.807) is 0 Å². The van der Waals surface area contributed by atoms with E-state index in [0.717, 1.165) is 12.1 Å². The van der Waals surface area contributed by atoms with Crippen molar-refractivity contribution in [3.05, 3.63) is 29.3 Å². The van der Waals surface area contributed by atoms with Crippen LogP contribution in [-0.2, 0) is 0 Å². The molecule has 1 aromatic rings. The highest BCUT2D eigenvalue weighted by Gasteiger charge is 2.29. The zero-order valence-electron chi connectivity index (χ0n) is 11.6. The van der Waals surface area contributed by atoms with Crippen LogP contribution in [0.4, 0.5) is 14.5 Å². The topological polar surface area (TPSA) is 58.4 Å². The molecule has 0 aromatic heterocycles. The van der Waals surface area contributed by atoms with Crippen LogP contribution < -0.4 is 11.1 Å². The molecule has 1 unspecified atom stereocenters. The second kappa shape index (κ2) is 5.75. The van der Waals surface area contributed by atoms with Crippen LogP contribution in [-0.4, -0.2) is 36.5 Å². The highest BCUT2D eigenvalue weighted by atomic mass is 19.1.